The van der Waals surface area contributed by atoms with Crippen LogP contribution in [0, 0.1) is 0 Å². The molecule has 2 heterocycles. The van der Waals surface area contributed by atoms with Gasteiger partial charge in [-0.1, -0.05) is 42.1 Å². The number of carbonyl (C=O) groups excluding carboxylic acids is 1. The van der Waals surface area contributed by atoms with Crippen molar-refractivity contribution in [2.75, 3.05) is 0 Å². The Labute approximate surface area is 136 Å². The van der Waals surface area contributed by atoms with Crippen LogP contribution >= 0.6 is 11.8 Å². The van der Waals surface area contributed by atoms with Crippen LogP contribution in [0.1, 0.15) is 5.89 Å². The molecule has 114 valence electrons. The molecule has 3 aromatic rings. The number of aliphatic imine (C=N–C) groups is 1. The van der Waals surface area contributed by atoms with Gasteiger partial charge in [0.05, 0.1) is 5.69 Å². The van der Waals surface area contributed by atoms with Crippen LogP contribution in [0.15, 0.2) is 64.0 Å². The Morgan fingerprint density at radius 3 is 2.74 bits per heavy atom. The minimum atomic E-state index is -0.273. The smallest absolute Gasteiger partial charge is 0.240 e. The fourth-order valence-electron chi connectivity index (χ4n) is 2.38. The second-order valence-corrected chi connectivity index (χ2v) is 6.32. The number of carbonyl (C=O) groups is 1. The van der Waals surface area contributed by atoms with E-state index in [0.29, 0.717) is 17.5 Å². The number of hydrogen-bond donors (Lipinski definition) is 1. The number of amidine groups is 1. The van der Waals surface area contributed by atoms with Gasteiger partial charge in [-0.15, -0.1) is 0 Å². The molecule has 0 radical (unpaired) electrons. The summed E-state index contributed by atoms with van der Waals surface area (Å²) in [5.41, 5.74) is 2.37. The molecule has 2 aromatic carbocycles. The third-order valence-corrected chi connectivity index (χ3v) is 4.54. The zero-order valence-corrected chi connectivity index (χ0v) is 12.9. The number of nitrogens with zero attached hydrogens (tertiary/aromatic N) is 2. The summed E-state index contributed by atoms with van der Waals surface area (Å²) in [6, 6.07) is 17.1. The molecule has 1 saturated heterocycles. The van der Waals surface area contributed by atoms with Crippen molar-refractivity contribution in [1.29, 1.82) is 0 Å². The van der Waals surface area contributed by atoms with Gasteiger partial charge in [0.25, 0.3) is 0 Å². The summed E-state index contributed by atoms with van der Waals surface area (Å²) in [6.45, 7) is 0. The van der Waals surface area contributed by atoms with E-state index in [1.54, 1.807) is 0 Å². The van der Waals surface area contributed by atoms with Gasteiger partial charge in [0.15, 0.2) is 16.6 Å². The Kier molecular flexibility index (Phi) is 3.59. The average molecular weight is 323 g/mol. The van der Waals surface area contributed by atoms with Crippen LogP contribution in [0.2, 0.25) is 0 Å². The van der Waals surface area contributed by atoms with E-state index in [-0.39, 0.29) is 11.2 Å². The van der Waals surface area contributed by atoms with E-state index in [4.69, 9.17) is 4.42 Å². The number of hydrogen-bond acceptors (Lipinski definition) is 5. The van der Waals surface area contributed by atoms with Gasteiger partial charge < -0.3 is 9.73 Å². The van der Waals surface area contributed by atoms with Crippen molar-refractivity contribution in [2.45, 2.75) is 11.7 Å². The highest BCUT2D eigenvalue weighted by Crippen LogP contribution is 2.26. The van der Waals surface area contributed by atoms with Crippen LogP contribution < -0.4 is 5.32 Å². The van der Waals surface area contributed by atoms with Gasteiger partial charge in [0, 0.05) is 6.42 Å². The summed E-state index contributed by atoms with van der Waals surface area (Å²) in [7, 11) is 0. The number of oxazole rings is 1. The molecular weight excluding hydrogens is 310 g/mol. The monoisotopic (exact) mass is 323 g/mol. The van der Waals surface area contributed by atoms with Crippen molar-refractivity contribution in [3.05, 3.63) is 60.5 Å². The van der Waals surface area contributed by atoms with Gasteiger partial charge in [-0.05, 0) is 24.3 Å². The molecule has 4 rings (SSSR count). The predicted octanol–water partition coefficient (Wildman–Crippen LogP) is 3.29. The maximum atomic E-state index is 12.1. The summed E-state index contributed by atoms with van der Waals surface area (Å²) in [5, 5.41) is 3.15. The van der Waals surface area contributed by atoms with Crippen LogP contribution in [0.3, 0.4) is 0 Å². The lowest BCUT2D eigenvalue weighted by Gasteiger charge is -2.00. The Hall–Kier alpha value is -2.60. The Balaban J connectivity index is 1.51. The van der Waals surface area contributed by atoms with E-state index in [1.165, 1.54) is 11.8 Å². The quantitative estimate of drug-likeness (QED) is 0.803. The van der Waals surface area contributed by atoms with E-state index in [9.17, 15) is 4.79 Å². The molecule has 1 amide bonds. The number of aromatic nitrogens is 1. The van der Waals surface area contributed by atoms with E-state index in [0.717, 1.165) is 16.8 Å². The molecular formula is C17H13N3O2S. The number of nitrogens with one attached hydrogen (secondary N) is 1. The molecule has 0 bridgehead atoms. The van der Waals surface area contributed by atoms with Crippen LogP contribution in [0.4, 0.5) is 5.69 Å². The largest absolute Gasteiger partial charge is 0.441 e. The average Bonchev–Trinajstić information content (AvgIpc) is 3.11. The zero-order chi connectivity index (χ0) is 15.6. The predicted molar refractivity (Wildman–Crippen MR) is 90.8 cm³/mol. The second kappa shape index (κ2) is 5.89. The first-order chi connectivity index (χ1) is 11.3. The number of para-hydroxylation sites is 3. The first-order valence-electron chi connectivity index (χ1n) is 7.24. The SMILES string of the molecule is O=C1NC(=Nc2ccccc2)SC1Cc1nc2ccccc2o1. The molecule has 23 heavy (non-hydrogen) atoms. The molecule has 0 aliphatic carbocycles. The maximum Gasteiger partial charge on any atom is 0.240 e. The maximum absolute atomic E-state index is 12.1. The topological polar surface area (TPSA) is 67.5 Å². The number of benzene rings is 2. The summed E-state index contributed by atoms with van der Waals surface area (Å²) in [6.07, 6.45) is 0.443. The Bertz CT molecular complexity index is 856. The van der Waals surface area contributed by atoms with Crippen LogP contribution in [-0.2, 0) is 11.2 Å². The molecule has 0 saturated carbocycles. The first kappa shape index (κ1) is 14.0. The highest BCUT2D eigenvalue weighted by Gasteiger charge is 2.31. The van der Waals surface area contributed by atoms with Crippen LogP contribution in [0.5, 0.6) is 0 Å². The van der Waals surface area contributed by atoms with Gasteiger partial charge >= 0.3 is 0 Å². The second-order valence-electron chi connectivity index (χ2n) is 5.13. The molecule has 1 aliphatic heterocycles. The molecule has 0 spiro atoms. The highest BCUT2D eigenvalue weighted by molar-refractivity contribution is 8.15. The molecule has 1 atom stereocenters. The minimum absolute atomic E-state index is 0.0630. The minimum Gasteiger partial charge on any atom is -0.441 e. The lowest BCUT2D eigenvalue weighted by atomic mass is 10.3. The number of rotatable bonds is 3. The number of fused-ring (bicyclic) bond motifs is 1. The van der Waals surface area contributed by atoms with E-state index < -0.39 is 0 Å². The van der Waals surface area contributed by atoms with Gasteiger partial charge in [0.1, 0.15) is 10.8 Å². The van der Waals surface area contributed by atoms with Crippen LogP contribution in [-0.4, -0.2) is 21.3 Å². The zero-order valence-electron chi connectivity index (χ0n) is 12.1. The molecule has 1 unspecified atom stereocenters. The molecule has 1 N–H and O–H groups in total. The molecule has 1 fully saturated rings. The molecule has 1 aliphatic rings. The lowest BCUT2D eigenvalue weighted by molar-refractivity contribution is -0.118. The number of amides is 1. The molecule has 6 heteroatoms. The fraction of sp³-hybridized carbons (Fsp3) is 0.118. The van der Waals surface area contributed by atoms with Crippen LogP contribution in [0.25, 0.3) is 11.1 Å². The van der Waals surface area contributed by atoms with E-state index in [1.807, 2.05) is 54.6 Å². The molecule has 1 aromatic heterocycles. The Morgan fingerprint density at radius 1 is 1.13 bits per heavy atom. The van der Waals surface area contributed by atoms with Crippen molar-refractivity contribution in [3.8, 4) is 0 Å². The Morgan fingerprint density at radius 2 is 1.91 bits per heavy atom. The van der Waals surface area contributed by atoms with Gasteiger partial charge in [-0.2, -0.15) is 0 Å². The van der Waals surface area contributed by atoms with Gasteiger partial charge in [-0.3, -0.25) is 4.79 Å². The van der Waals surface area contributed by atoms with Crippen molar-refractivity contribution in [3.63, 3.8) is 0 Å². The summed E-state index contributed by atoms with van der Waals surface area (Å²) < 4.78 is 5.69. The van der Waals surface area contributed by atoms with Crippen molar-refractivity contribution >= 4 is 39.6 Å². The standard InChI is InChI=1S/C17H13N3O2S/c21-16-14(10-15-19-12-8-4-5-9-13(12)22-15)23-17(20-16)18-11-6-2-1-3-7-11/h1-9,14H,10H2,(H,18,20,21). The molecule has 5 nitrogen and oxygen atoms in total. The summed E-state index contributed by atoms with van der Waals surface area (Å²) in [5.74, 6) is 0.506. The normalized spacial score (nSPS) is 19.4. The fourth-order valence-corrected chi connectivity index (χ4v) is 3.36. The van der Waals surface area contributed by atoms with E-state index >= 15 is 0 Å². The number of thioether (sulfide) groups is 1. The van der Waals surface area contributed by atoms with Crippen molar-refractivity contribution < 1.29 is 9.21 Å². The van der Waals surface area contributed by atoms with Gasteiger partial charge in [0.2, 0.25) is 5.91 Å². The summed E-state index contributed by atoms with van der Waals surface area (Å²) in [4.78, 5) is 21.0. The highest BCUT2D eigenvalue weighted by atomic mass is 32.2. The van der Waals surface area contributed by atoms with Gasteiger partial charge in [-0.25, -0.2) is 9.98 Å². The third-order valence-electron chi connectivity index (χ3n) is 3.46. The van der Waals surface area contributed by atoms with Crippen molar-refractivity contribution in [2.24, 2.45) is 4.99 Å². The first-order valence-corrected chi connectivity index (χ1v) is 8.11. The third kappa shape index (κ3) is 2.98. The lowest BCUT2D eigenvalue weighted by Crippen LogP contribution is -2.26. The summed E-state index contributed by atoms with van der Waals surface area (Å²) >= 11 is 1.41. The van der Waals surface area contributed by atoms with Crippen molar-refractivity contribution in [1.82, 2.24) is 10.3 Å². The van der Waals surface area contributed by atoms with E-state index in [2.05, 4.69) is 15.3 Å².